The highest BCUT2D eigenvalue weighted by Gasteiger charge is 2.37. The van der Waals surface area contributed by atoms with E-state index < -0.39 is 0 Å². The second kappa shape index (κ2) is 4.72. The molecule has 0 atom stereocenters. The highest BCUT2D eigenvalue weighted by molar-refractivity contribution is 9.10. The summed E-state index contributed by atoms with van der Waals surface area (Å²) in [4.78, 5) is 26.0. The van der Waals surface area contributed by atoms with Crippen LogP contribution in [0.5, 0.6) is 0 Å². The minimum atomic E-state index is -0.313. The maximum absolute atomic E-state index is 12.4. The minimum Gasteiger partial charge on any atom is -0.268 e. The first kappa shape index (κ1) is 13.3. The topological polar surface area (TPSA) is 37.4 Å². The van der Waals surface area contributed by atoms with Gasteiger partial charge in [0.1, 0.15) is 0 Å². The van der Waals surface area contributed by atoms with Crippen LogP contribution in [-0.4, -0.2) is 11.8 Å². The summed E-state index contributed by atoms with van der Waals surface area (Å²) in [5, 5.41) is 0.499. The van der Waals surface area contributed by atoms with Crippen molar-refractivity contribution in [2.75, 3.05) is 4.90 Å². The molecule has 0 aliphatic carbocycles. The van der Waals surface area contributed by atoms with Crippen LogP contribution in [-0.2, 0) is 0 Å². The lowest BCUT2D eigenvalue weighted by molar-refractivity contribution is 0.0926. The zero-order valence-electron chi connectivity index (χ0n) is 10.5. The fraction of sp³-hybridized carbons (Fsp3) is 0.0667. The molecule has 2 aromatic carbocycles. The second-order valence-corrected chi connectivity index (χ2v) is 5.73. The molecule has 5 heteroatoms. The lowest BCUT2D eigenvalue weighted by Crippen LogP contribution is -2.30. The number of nitrogens with zero attached hydrogens (tertiary/aromatic N) is 1. The molecule has 100 valence electrons. The Kier molecular flexibility index (Phi) is 3.15. The van der Waals surface area contributed by atoms with E-state index in [0.29, 0.717) is 27.4 Å². The van der Waals surface area contributed by atoms with Crippen molar-refractivity contribution in [1.82, 2.24) is 0 Å². The van der Waals surface area contributed by atoms with Crippen LogP contribution in [0.2, 0.25) is 5.02 Å². The van der Waals surface area contributed by atoms with Gasteiger partial charge < -0.3 is 0 Å². The van der Waals surface area contributed by atoms with E-state index in [4.69, 9.17) is 11.6 Å². The SMILES string of the molecule is Cc1c(N2C(=O)c3ccccc3C2=O)ccc(Br)c1Cl. The molecule has 0 aromatic heterocycles. The van der Waals surface area contributed by atoms with Gasteiger partial charge >= 0.3 is 0 Å². The lowest BCUT2D eigenvalue weighted by Gasteiger charge is -2.17. The van der Waals surface area contributed by atoms with Crippen LogP contribution in [0.3, 0.4) is 0 Å². The molecule has 0 saturated carbocycles. The largest absolute Gasteiger partial charge is 0.268 e. The molecule has 0 fully saturated rings. The normalized spacial score (nSPS) is 13.8. The molecule has 3 rings (SSSR count). The predicted molar refractivity (Wildman–Crippen MR) is 81.5 cm³/mol. The molecule has 1 aliphatic heterocycles. The van der Waals surface area contributed by atoms with Gasteiger partial charge in [-0.1, -0.05) is 23.7 Å². The van der Waals surface area contributed by atoms with Crippen LogP contribution in [0, 0.1) is 6.92 Å². The van der Waals surface area contributed by atoms with Gasteiger partial charge in [0.2, 0.25) is 0 Å². The van der Waals surface area contributed by atoms with Gasteiger partial charge in [-0.15, -0.1) is 0 Å². The summed E-state index contributed by atoms with van der Waals surface area (Å²) in [7, 11) is 0. The molecule has 1 aliphatic rings. The number of rotatable bonds is 1. The number of fused-ring (bicyclic) bond motifs is 1. The van der Waals surface area contributed by atoms with Gasteiger partial charge in [0.15, 0.2) is 0 Å². The van der Waals surface area contributed by atoms with Gasteiger partial charge in [0, 0.05) is 4.47 Å². The first-order valence-electron chi connectivity index (χ1n) is 5.95. The Hall–Kier alpha value is -1.65. The summed E-state index contributed by atoms with van der Waals surface area (Å²) >= 11 is 9.50. The maximum atomic E-state index is 12.4. The minimum absolute atomic E-state index is 0.313. The van der Waals surface area contributed by atoms with Crippen molar-refractivity contribution in [3.63, 3.8) is 0 Å². The number of amides is 2. The number of carbonyl (C=O) groups is 2. The fourth-order valence-corrected chi connectivity index (χ4v) is 2.88. The number of halogens is 2. The predicted octanol–water partition coefficient (Wildman–Crippen LogP) is 4.21. The highest BCUT2D eigenvalue weighted by Crippen LogP contribution is 2.36. The molecule has 3 nitrogen and oxygen atoms in total. The third kappa shape index (κ3) is 1.79. The summed E-state index contributed by atoms with van der Waals surface area (Å²) in [6.07, 6.45) is 0. The third-order valence-electron chi connectivity index (χ3n) is 3.35. The van der Waals surface area contributed by atoms with Gasteiger partial charge in [-0.3, -0.25) is 9.59 Å². The molecule has 1 heterocycles. The summed E-state index contributed by atoms with van der Waals surface area (Å²) < 4.78 is 0.733. The van der Waals surface area contributed by atoms with Gasteiger partial charge in [0.25, 0.3) is 11.8 Å². The molecule has 0 radical (unpaired) electrons. The van der Waals surface area contributed by atoms with Gasteiger partial charge in [-0.05, 0) is 52.7 Å². The Labute approximate surface area is 129 Å². The summed E-state index contributed by atoms with van der Waals surface area (Å²) in [5.74, 6) is -0.626. The zero-order chi connectivity index (χ0) is 14.4. The molecule has 0 unspecified atom stereocenters. The average molecular weight is 351 g/mol. The summed E-state index contributed by atoms with van der Waals surface area (Å²) in [5.41, 5.74) is 2.06. The molecular formula is C15H9BrClNO2. The van der Waals surface area contributed by atoms with Crippen molar-refractivity contribution < 1.29 is 9.59 Å². The molecule has 2 amide bonds. The Morgan fingerprint density at radius 2 is 1.55 bits per heavy atom. The van der Waals surface area contributed by atoms with Crippen molar-refractivity contribution >= 4 is 45.0 Å². The molecule has 0 spiro atoms. The lowest BCUT2D eigenvalue weighted by atomic mass is 10.1. The van der Waals surface area contributed by atoms with E-state index in [1.807, 2.05) is 0 Å². The Bertz CT molecular complexity index is 723. The Balaban J connectivity index is 2.17. The van der Waals surface area contributed by atoms with Gasteiger partial charge in [-0.2, -0.15) is 0 Å². The van der Waals surface area contributed by atoms with Crippen LogP contribution < -0.4 is 4.90 Å². The monoisotopic (exact) mass is 349 g/mol. The highest BCUT2D eigenvalue weighted by atomic mass is 79.9. The quantitative estimate of drug-likeness (QED) is 0.722. The van der Waals surface area contributed by atoms with E-state index >= 15 is 0 Å². The molecule has 0 bridgehead atoms. The number of hydrogen-bond donors (Lipinski definition) is 0. The van der Waals surface area contributed by atoms with Crippen LogP contribution in [0.15, 0.2) is 40.9 Å². The van der Waals surface area contributed by atoms with E-state index in [1.54, 1.807) is 43.3 Å². The zero-order valence-corrected chi connectivity index (χ0v) is 12.8. The number of imide groups is 1. The summed E-state index contributed by atoms with van der Waals surface area (Å²) in [6, 6.07) is 10.3. The van der Waals surface area contributed by atoms with E-state index in [2.05, 4.69) is 15.9 Å². The van der Waals surface area contributed by atoms with Crippen LogP contribution in [0.4, 0.5) is 5.69 Å². The molecule has 2 aromatic rings. The van der Waals surface area contributed by atoms with Crippen molar-refractivity contribution in [3.05, 3.63) is 62.6 Å². The molecule has 0 saturated heterocycles. The molecule has 20 heavy (non-hydrogen) atoms. The van der Waals surface area contributed by atoms with Crippen LogP contribution >= 0.6 is 27.5 Å². The van der Waals surface area contributed by atoms with E-state index in [1.165, 1.54) is 4.90 Å². The van der Waals surface area contributed by atoms with E-state index in [-0.39, 0.29) is 11.8 Å². The van der Waals surface area contributed by atoms with E-state index in [0.717, 1.165) is 4.47 Å². The number of anilines is 1. The number of carbonyl (C=O) groups excluding carboxylic acids is 2. The first-order valence-corrected chi connectivity index (χ1v) is 7.12. The summed E-state index contributed by atoms with van der Waals surface area (Å²) in [6.45, 7) is 1.78. The average Bonchev–Trinajstić information content (AvgIpc) is 2.70. The number of hydrogen-bond acceptors (Lipinski definition) is 2. The fourth-order valence-electron chi connectivity index (χ4n) is 2.29. The van der Waals surface area contributed by atoms with Crippen LogP contribution in [0.1, 0.15) is 26.3 Å². The van der Waals surface area contributed by atoms with Crippen LogP contribution in [0.25, 0.3) is 0 Å². The van der Waals surface area contributed by atoms with Crippen molar-refractivity contribution in [2.24, 2.45) is 0 Å². The van der Waals surface area contributed by atoms with Crippen molar-refractivity contribution in [3.8, 4) is 0 Å². The smallest absolute Gasteiger partial charge is 0.266 e. The second-order valence-electron chi connectivity index (χ2n) is 4.50. The van der Waals surface area contributed by atoms with Crippen molar-refractivity contribution in [1.29, 1.82) is 0 Å². The Morgan fingerprint density at radius 3 is 2.10 bits per heavy atom. The standard InChI is InChI=1S/C15H9BrClNO2/c1-8-12(7-6-11(16)13(8)17)18-14(19)9-4-2-3-5-10(9)15(18)20/h2-7H,1H3. The Morgan fingerprint density at radius 1 is 1.00 bits per heavy atom. The molecular weight excluding hydrogens is 342 g/mol. The maximum Gasteiger partial charge on any atom is 0.266 e. The first-order chi connectivity index (χ1) is 9.52. The van der Waals surface area contributed by atoms with Gasteiger partial charge in [0.05, 0.1) is 21.8 Å². The number of benzene rings is 2. The third-order valence-corrected chi connectivity index (χ3v) is 4.72. The van der Waals surface area contributed by atoms with E-state index in [9.17, 15) is 9.59 Å². The van der Waals surface area contributed by atoms with Gasteiger partial charge in [-0.25, -0.2) is 4.90 Å². The van der Waals surface area contributed by atoms with Crippen molar-refractivity contribution in [2.45, 2.75) is 6.92 Å². The molecule has 0 N–H and O–H groups in total.